The van der Waals surface area contributed by atoms with Crippen LogP contribution >= 0.6 is 0 Å². The second-order valence-electron chi connectivity index (χ2n) is 3.49. The van der Waals surface area contributed by atoms with E-state index in [1.54, 1.807) is 24.4 Å². The van der Waals surface area contributed by atoms with Gasteiger partial charge in [-0.25, -0.2) is 4.39 Å². The van der Waals surface area contributed by atoms with Gasteiger partial charge in [0.2, 0.25) is 0 Å². The zero-order valence-corrected chi connectivity index (χ0v) is 8.77. The molecule has 0 N–H and O–H groups in total. The van der Waals surface area contributed by atoms with Crippen molar-refractivity contribution in [3.63, 3.8) is 0 Å². The molecule has 1 heterocycles. The number of carbonyl (C=O) groups is 1. The summed E-state index contributed by atoms with van der Waals surface area (Å²) in [6.45, 7) is 1.88. The van der Waals surface area contributed by atoms with Crippen LogP contribution in [-0.2, 0) is 0 Å². The van der Waals surface area contributed by atoms with Crippen molar-refractivity contribution in [2.75, 3.05) is 0 Å². The molecule has 0 saturated carbocycles. The molecular weight excluding hydrogens is 205 g/mol. The molecule has 0 aliphatic carbocycles. The topological polar surface area (TPSA) is 30.0 Å². The Labute approximate surface area is 92.8 Å². The smallest absolute Gasteiger partial charge is 0.153 e. The van der Waals surface area contributed by atoms with Gasteiger partial charge in [0.25, 0.3) is 0 Å². The van der Waals surface area contributed by atoms with Crippen molar-refractivity contribution >= 4 is 6.29 Å². The zero-order valence-electron chi connectivity index (χ0n) is 8.77. The molecule has 0 unspecified atom stereocenters. The van der Waals surface area contributed by atoms with Crippen LogP contribution in [0.3, 0.4) is 0 Å². The lowest BCUT2D eigenvalue weighted by Crippen LogP contribution is -1.95. The van der Waals surface area contributed by atoms with E-state index in [0.29, 0.717) is 17.5 Å². The van der Waals surface area contributed by atoms with Crippen molar-refractivity contribution in [2.45, 2.75) is 6.92 Å². The summed E-state index contributed by atoms with van der Waals surface area (Å²) >= 11 is 0. The molecule has 1 aromatic heterocycles. The predicted molar refractivity (Wildman–Crippen MR) is 59.8 cm³/mol. The fourth-order valence-corrected chi connectivity index (χ4v) is 1.63. The van der Waals surface area contributed by atoms with Crippen LogP contribution in [0.2, 0.25) is 0 Å². The van der Waals surface area contributed by atoms with Crippen LogP contribution in [0, 0.1) is 12.7 Å². The van der Waals surface area contributed by atoms with E-state index in [9.17, 15) is 9.18 Å². The predicted octanol–water partition coefficient (Wildman–Crippen LogP) is 3.01. The van der Waals surface area contributed by atoms with Crippen molar-refractivity contribution < 1.29 is 9.18 Å². The first-order chi connectivity index (χ1) is 7.74. The molecule has 0 spiro atoms. The highest BCUT2D eigenvalue weighted by molar-refractivity contribution is 5.87. The third kappa shape index (κ3) is 1.72. The minimum absolute atomic E-state index is 0.0595. The fraction of sp³-hybridized carbons (Fsp3) is 0.0769. The Bertz CT molecular complexity index is 537. The molecule has 2 rings (SSSR count). The van der Waals surface area contributed by atoms with E-state index in [4.69, 9.17) is 0 Å². The van der Waals surface area contributed by atoms with Crippen molar-refractivity contribution in [1.29, 1.82) is 0 Å². The second-order valence-corrected chi connectivity index (χ2v) is 3.49. The van der Waals surface area contributed by atoms with Crippen LogP contribution < -0.4 is 0 Å². The fourth-order valence-electron chi connectivity index (χ4n) is 1.63. The molecule has 3 heteroatoms. The maximum absolute atomic E-state index is 13.4. The van der Waals surface area contributed by atoms with Gasteiger partial charge in [-0.05, 0) is 24.6 Å². The molecular formula is C13H10FNO. The summed E-state index contributed by atoms with van der Waals surface area (Å²) < 4.78 is 13.4. The maximum Gasteiger partial charge on any atom is 0.153 e. The lowest BCUT2D eigenvalue weighted by Gasteiger charge is -2.07. The van der Waals surface area contributed by atoms with Gasteiger partial charge in [0.15, 0.2) is 6.29 Å². The van der Waals surface area contributed by atoms with Gasteiger partial charge in [-0.3, -0.25) is 9.78 Å². The quantitative estimate of drug-likeness (QED) is 0.721. The maximum atomic E-state index is 13.4. The number of benzene rings is 1. The monoisotopic (exact) mass is 215 g/mol. The van der Waals surface area contributed by atoms with E-state index in [-0.39, 0.29) is 5.56 Å². The van der Waals surface area contributed by atoms with Crippen molar-refractivity contribution in [3.8, 4) is 11.3 Å². The van der Waals surface area contributed by atoms with E-state index < -0.39 is 5.82 Å². The van der Waals surface area contributed by atoms with Crippen LogP contribution in [0.1, 0.15) is 15.9 Å². The van der Waals surface area contributed by atoms with Crippen LogP contribution in [0.15, 0.2) is 36.5 Å². The lowest BCUT2D eigenvalue weighted by molar-refractivity contribution is 0.112. The second kappa shape index (κ2) is 4.23. The van der Waals surface area contributed by atoms with E-state index in [2.05, 4.69) is 4.98 Å². The highest BCUT2D eigenvalue weighted by Crippen LogP contribution is 2.25. The van der Waals surface area contributed by atoms with Gasteiger partial charge in [0, 0.05) is 11.8 Å². The van der Waals surface area contributed by atoms with Crippen LogP contribution in [0.25, 0.3) is 11.3 Å². The number of halogens is 1. The van der Waals surface area contributed by atoms with Gasteiger partial charge in [-0.15, -0.1) is 0 Å². The molecule has 0 radical (unpaired) electrons. The van der Waals surface area contributed by atoms with Gasteiger partial charge >= 0.3 is 0 Å². The third-order valence-corrected chi connectivity index (χ3v) is 2.44. The number of pyridine rings is 1. The summed E-state index contributed by atoms with van der Waals surface area (Å²) in [7, 11) is 0. The Morgan fingerprint density at radius 1 is 1.25 bits per heavy atom. The number of carbonyl (C=O) groups excluding carboxylic acids is 1. The van der Waals surface area contributed by atoms with E-state index in [0.717, 1.165) is 5.56 Å². The Kier molecular flexibility index (Phi) is 2.77. The summed E-state index contributed by atoms with van der Waals surface area (Å²) in [5.74, 6) is -0.516. The molecule has 0 atom stereocenters. The summed E-state index contributed by atoms with van der Waals surface area (Å²) in [5.41, 5.74) is 2.15. The average Bonchev–Trinajstić information content (AvgIpc) is 2.29. The molecule has 2 nitrogen and oxygen atoms in total. The first-order valence-electron chi connectivity index (χ1n) is 4.89. The molecule has 80 valence electrons. The Hall–Kier alpha value is -2.03. The number of aromatic nitrogens is 1. The van der Waals surface area contributed by atoms with Gasteiger partial charge in [-0.2, -0.15) is 0 Å². The first kappa shape index (κ1) is 10.5. The molecule has 0 amide bonds. The zero-order chi connectivity index (χ0) is 11.5. The molecule has 0 aliphatic rings. The highest BCUT2D eigenvalue weighted by Gasteiger charge is 2.11. The number of aryl methyl sites for hydroxylation is 1. The Morgan fingerprint density at radius 2 is 2.06 bits per heavy atom. The normalized spacial score (nSPS) is 10.1. The third-order valence-electron chi connectivity index (χ3n) is 2.44. The Balaban J connectivity index is 2.69. The van der Waals surface area contributed by atoms with Crippen molar-refractivity contribution in [3.05, 3.63) is 53.5 Å². The molecule has 1 aromatic carbocycles. The van der Waals surface area contributed by atoms with E-state index >= 15 is 0 Å². The van der Waals surface area contributed by atoms with Crippen molar-refractivity contribution in [2.24, 2.45) is 0 Å². The minimum Gasteiger partial charge on any atom is -0.298 e. The van der Waals surface area contributed by atoms with Gasteiger partial charge in [0.1, 0.15) is 5.82 Å². The largest absolute Gasteiger partial charge is 0.298 e. The van der Waals surface area contributed by atoms with Crippen molar-refractivity contribution in [1.82, 2.24) is 4.98 Å². The number of rotatable bonds is 2. The highest BCUT2D eigenvalue weighted by atomic mass is 19.1. The standard InChI is InChI=1S/C13H10FNO/c1-9-4-3-7-15-13(9)10-5-2-6-12(14)11(10)8-16/h2-8H,1H3. The molecule has 0 fully saturated rings. The molecule has 16 heavy (non-hydrogen) atoms. The number of hydrogen-bond acceptors (Lipinski definition) is 2. The van der Waals surface area contributed by atoms with E-state index in [1.807, 2.05) is 13.0 Å². The number of aldehydes is 1. The lowest BCUT2D eigenvalue weighted by atomic mass is 10.0. The minimum atomic E-state index is -0.516. The van der Waals surface area contributed by atoms with Gasteiger partial charge in [-0.1, -0.05) is 18.2 Å². The Morgan fingerprint density at radius 3 is 2.75 bits per heavy atom. The summed E-state index contributed by atoms with van der Waals surface area (Å²) in [6.07, 6.45) is 2.15. The van der Waals surface area contributed by atoms with E-state index in [1.165, 1.54) is 6.07 Å². The molecule has 0 bridgehead atoms. The SMILES string of the molecule is Cc1cccnc1-c1cccc(F)c1C=O. The van der Waals surface area contributed by atoms with Crippen LogP contribution in [0.4, 0.5) is 4.39 Å². The summed E-state index contributed by atoms with van der Waals surface area (Å²) in [5, 5.41) is 0. The number of nitrogens with zero attached hydrogens (tertiary/aromatic N) is 1. The van der Waals surface area contributed by atoms with Gasteiger partial charge in [0.05, 0.1) is 11.3 Å². The molecule has 0 aliphatic heterocycles. The molecule has 0 saturated heterocycles. The number of hydrogen-bond donors (Lipinski definition) is 0. The molecule has 2 aromatic rings. The average molecular weight is 215 g/mol. The van der Waals surface area contributed by atoms with Crippen LogP contribution in [-0.4, -0.2) is 11.3 Å². The van der Waals surface area contributed by atoms with Crippen LogP contribution in [0.5, 0.6) is 0 Å². The van der Waals surface area contributed by atoms with Gasteiger partial charge < -0.3 is 0 Å². The first-order valence-corrected chi connectivity index (χ1v) is 4.89. The summed E-state index contributed by atoms with van der Waals surface area (Å²) in [4.78, 5) is 15.0. The summed E-state index contributed by atoms with van der Waals surface area (Å²) in [6, 6.07) is 8.22.